The monoisotopic (exact) mass is 271 g/mol. The molecule has 20 heavy (non-hydrogen) atoms. The van der Waals surface area contributed by atoms with Gasteiger partial charge in [0, 0.05) is 24.9 Å². The molecule has 106 valence electrons. The first kappa shape index (κ1) is 13.4. The van der Waals surface area contributed by atoms with E-state index in [4.69, 9.17) is 4.74 Å². The molecule has 1 aromatic rings. The molecule has 3 heteroatoms. The number of benzene rings is 1. The molecule has 2 aliphatic rings. The summed E-state index contributed by atoms with van der Waals surface area (Å²) in [6.07, 6.45) is 4.43. The second kappa shape index (κ2) is 5.41. The highest BCUT2D eigenvalue weighted by atomic mass is 16.5. The number of rotatable bonds is 3. The summed E-state index contributed by atoms with van der Waals surface area (Å²) in [5.74, 6) is -0.273. The van der Waals surface area contributed by atoms with Crippen LogP contribution in [0.25, 0.3) is 5.57 Å². The van der Waals surface area contributed by atoms with E-state index in [9.17, 15) is 4.79 Å². The van der Waals surface area contributed by atoms with Crippen LogP contribution in [0.3, 0.4) is 0 Å². The Morgan fingerprint density at radius 2 is 1.80 bits per heavy atom. The zero-order chi connectivity index (χ0) is 14.1. The SMILES string of the molecule is C=C(C(=O)O[C@@H]1C[C@H]2CC[C@@H](C1)N2C)c1ccccc1. The van der Waals surface area contributed by atoms with Crippen LogP contribution in [0.2, 0.25) is 0 Å². The molecule has 0 amide bonds. The van der Waals surface area contributed by atoms with Crippen molar-refractivity contribution >= 4 is 11.5 Å². The molecule has 0 N–H and O–H groups in total. The number of carbonyl (C=O) groups excluding carboxylic acids is 1. The predicted molar refractivity (Wildman–Crippen MR) is 79.2 cm³/mol. The Morgan fingerprint density at radius 3 is 2.40 bits per heavy atom. The van der Waals surface area contributed by atoms with E-state index in [1.165, 1.54) is 12.8 Å². The zero-order valence-corrected chi connectivity index (χ0v) is 11.9. The van der Waals surface area contributed by atoms with E-state index in [1.807, 2.05) is 30.3 Å². The van der Waals surface area contributed by atoms with Crippen LogP contribution in [-0.2, 0) is 9.53 Å². The molecule has 0 aliphatic carbocycles. The van der Waals surface area contributed by atoms with Crippen LogP contribution >= 0.6 is 0 Å². The summed E-state index contributed by atoms with van der Waals surface area (Å²) in [5, 5.41) is 0. The van der Waals surface area contributed by atoms with Crippen LogP contribution < -0.4 is 0 Å². The van der Waals surface area contributed by atoms with Crippen LogP contribution in [0.4, 0.5) is 0 Å². The van der Waals surface area contributed by atoms with Crippen LogP contribution in [-0.4, -0.2) is 36.1 Å². The average Bonchev–Trinajstić information content (AvgIpc) is 2.69. The van der Waals surface area contributed by atoms with Gasteiger partial charge in [0.15, 0.2) is 0 Å². The van der Waals surface area contributed by atoms with Gasteiger partial charge in [-0.25, -0.2) is 4.79 Å². The molecule has 2 aliphatic heterocycles. The molecule has 0 radical (unpaired) electrons. The Kier molecular flexibility index (Phi) is 3.62. The Bertz CT molecular complexity index is 497. The van der Waals surface area contributed by atoms with Gasteiger partial charge in [-0.2, -0.15) is 0 Å². The highest BCUT2D eigenvalue weighted by Gasteiger charge is 2.39. The number of piperidine rings is 1. The summed E-state index contributed by atoms with van der Waals surface area (Å²) >= 11 is 0. The van der Waals surface area contributed by atoms with Gasteiger partial charge >= 0.3 is 5.97 Å². The van der Waals surface area contributed by atoms with Crippen molar-refractivity contribution in [3.63, 3.8) is 0 Å². The van der Waals surface area contributed by atoms with Crippen molar-refractivity contribution in [1.29, 1.82) is 0 Å². The molecule has 2 saturated heterocycles. The van der Waals surface area contributed by atoms with Crippen LogP contribution in [0, 0.1) is 0 Å². The topological polar surface area (TPSA) is 29.5 Å². The van der Waals surface area contributed by atoms with Crippen molar-refractivity contribution in [3.8, 4) is 0 Å². The maximum atomic E-state index is 12.2. The number of esters is 1. The third-order valence-corrected chi connectivity index (χ3v) is 4.70. The summed E-state index contributed by atoms with van der Waals surface area (Å²) in [7, 11) is 2.18. The number of nitrogens with zero attached hydrogens (tertiary/aromatic N) is 1. The van der Waals surface area contributed by atoms with Crippen LogP contribution in [0.5, 0.6) is 0 Å². The molecule has 2 fully saturated rings. The molecular weight excluding hydrogens is 250 g/mol. The van der Waals surface area contributed by atoms with Gasteiger partial charge in [0.1, 0.15) is 6.10 Å². The number of fused-ring (bicyclic) bond motifs is 2. The normalized spacial score (nSPS) is 29.1. The van der Waals surface area contributed by atoms with Crippen molar-refractivity contribution in [3.05, 3.63) is 42.5 Å². The van der Waals surface area contributed by atoms with E-state index in [1.54, 1.807) is 0 Å². The summed E-state index contributed by atoms with van der Waals surface area (Å²) < 4.78 is 5.67. The molecule has 0 aromatic heterocycles. The summed E-state index contributed by atoms with van der Waals surface area (Å²) in [4.78, 5) is 14.6. The standard InChI is InChI=1S/C17H21NO2/c1-12(13-6-4-3-5-7-13)17(19)20-16-10-14-8-9-15(11-16)18(14)2/h3-7,14-16H,1,8-11H2,2H3/t14-,15+,16-. The maximum Gasteiger partial charge on any atom is 0.338 e. The summed E-state index contributed by atoms with van der Waals surface area (Å²) in [5.41, 5.74) is 1.30. The molecule has 2 heterocycles. The van der Waals surface area contributed by atoms with Gasteiger partial charge in [-0.05, 0) is 25.5 Å². The maximum absolute atomic E-state index is 12.2. The molecule has 2 bridgehead atoms. The fourth-order valence-electron chi connectivity index (χ4n) is 3.44. The van der Waals surface area contributed by atoms with Gasteiger partial charge in [-0.1, -0.05) is 36.9 Å². The van der Waals surface area contributed by atoms with E-state index in [-0.39, 0.29) is 12.1 Å². The molecule has 0 saturated carbocycles. The summed E-state index contributed by atoms with van der Waals surface area (Å²) in [6.45, 7) is 3.87. The summed E-state index contributed by atoms with van der Waals surface area (Å²) in [6, 6.07) is 10.7. The Hall–Kier alpha value is -1.61. The highest BCUT2D eigenvalue weighted by molar-refractivity contribution is 6.15. The van der Waals surface area contributed by atoms with E-state index in [2.05, 4.69) is 18.5 Å². The largest absolute Gasteiger partial charge is 0.459 e. The van der Waals surface area contributed by atoms with Crippen molar-refractivity contribution in [1.82, 2.24) is 4.90 Å². The first-order valence-corrected chi connectivity index (χ1v) is 7.32. The predicted octanol–water partition coefficient (Wildman–Crippen LogP) is 2.87. The lowest BCUT2D eigenvalue weighted by atomic mass is 10.0. The van der Waals surface area contributed by atoms with E-state index in [0.29, 0.717) is 17.7 Å². The molecule has 3 nitrogen and oxygen atoms in total. The first-order valence-electron chi connectivity index (χ1n) is 7.32. The van der Waals surface area contributed by atoms with Gasteiger partial charge in [0.2, 0.25) is 0 Å². The number of ether oxygens (including phenoxy) is 1. The van der Waals surface area contributed by atoms with E-state index < -0.39 is 0 Å². The molecule has 0 spiro atoms. The van der Waals surface area contributed by atoms with Gasteiger partial charge in [-0.3, -0.25) is 0 Å². The molecule has 3 atom stereocenters. The minimum atomic E-state index is -0.273. The van der Waals surface area contributed by atoms with Crippen molar-refractivity contribution in [2.75, 3.05) is 7.05 Å². The second-order valence-electron chi connectivity index (χ2n) is 5.89. The average molecular weight is 271 g/mol. The van der Waals surface area contributed by atoms with Gasteiger partial charge in [-0.15, -0.1) is 0 Å². The second-order valence-corrected chi connectivity index (χ2v) is 5.89. The van der Waals surface area contributed by atoms with Crippen LogP contribution in [0.1, 0.15) is 31.2 Å². The minimum absolute atomic E-state index is 0.0525. The van der Waals surface area contributed by atoms with E-state index >= 15 is 0 Å². The number of hydrogen-bond donors (Lipinski definition) is 0. The molecule has 0 unspecified atom stereocenters. The Balaban J connectivity index is 1.61. The highest BCUT2D eigenvalue weighted by Crippen LogP contribution is 2.35. The quantitative estimate of drug-likeness (QED) is 0.625. The molecule has 1 aromatic carbocycles. The van der Waals surface area contributed by atoms with Gasteiger partial charge in [0.25, 0.3) is 0 Å². The smallest absolute Gasteiger partial charge is 0.338 e. The lowest BCUT2D eigenvalue weighted by Gasteiger charge is -2.35. The van der Waals surface area contributed by atoms with Crippen molar-refractivity contribution in [2.45, 2.75) is 43.9 Å². The fraction of sp³-hybridized carbons (Fsp3) is 0.471. The van der Waals surface area contributed by atoms with Crippen molar-refractivity contribution in [2.24, 2.45) is 0 Å². The first-order chi connectivity index (χ1) is 9.65. The van der Waals surface area contributed by atoms with Gasteiger partial charge in [0.05, 0.1) is 5.57 Å². The minimum Gasteiger partial charge on any atom is -0.459 e. The van der Waals surface area contributed by atoms with Crippen molar-refractivity contribution < 1.29 is 9.53 Å². The lowest BCUT2D eigenvalue weighted by molar-refractivity contribution is -0.145. The van der Waals surface area contributed by atoms with Gasteiger partial charge < -0.3 is 9.64 Å². The fourth-order valence-corrected chi connectivity index (χ4v) is 3.44. The molecular formula is C17H21NO2. The molecule has 3 rings (SSSR count). The van der Waals surface area contributed by atoms with E-state index in [0.717, 1.165) is 18.4 Å². The zero-order valence-electron chi connectivity index (χ0n) is 11.9. The number of carbonyl (C=O) groups is 1. The third-order valence-electron chi connectivity index (χ3n) is 4.70. The number of hydrogen-bond acceptors (Lipinski definition) is 3. The van der Waals surface area contributed by atoms with Crippen LogP contribution in [0.15, 0.2) is 36.9 Å². The Labute approximate surface area is 120 Å². The Morgan fingerprint density at radius 1 is 1.20 bits per heavy atom. The third kappa shape index (κ3) is 2.50. The lowest BCUT2D eigenvalue weighted by Crippen LogP contribution is -2.43.